The molecule has 0 radical (unpaired) electrons. The lowest BCUT2D eigenvalue weighted by molar-refractivity contribution is -0.116. The number of nitrogens with zero attached hydrogens (tertiary/aromatic N) is 3. The summed E-state index contributed by atoms with van der Waals surface area (Å²) in [6.07, 6.45) is 2.82. The van der Waals surface area contributed by atoms with Crippen molar-refractivity contribution in [3.05, 3.63) is 35.9 Å². The fourth-order valence-corrected chi connectivity index (χ4v) is 1.45. The van der Waals surface area contributed by atoms with E-state index >= 15 is 0 Å². The number of nitrogens with one attached hydrogen (secondary N) is 1. The van der Waals surface area contributed by atoms with E-state index < -0.39 is 0 Å². The van der Waals surface area contributed by atoms with Crippen LogP contribution in [0, 0.1) is 0 Å². The predicted molar refractivity (Wildman–Crippen MR) is 64.5 cm³/mol. The molecule has 2 aromatic rings. The minimum absolute atomic E-state index is 0.0745. The molecule has 2 rings (SSSR count). The summed E-state index contributed by atoms with van der Waals surface area (Å²) in [5.41, 5.74) is 6.62. The average Bonchev–Trinajstić information content (AvgIpc) is 2.76. The first-order valence-electron chi connectivity index (χ1n) is 4.82. The van der Waals surface area contributed by atoms with Crippen molar-refractivity contribution in [3.63, 3.8) is 0 Å². The fraction of sp³-hybridized carbons (Fsp3) is 0.100. The second kappa shape index (κ2) is 4.84. The van der Waals surface area contributed by atoms with Gasteiger partial charge in [0.15, 0.2) is 0 Å². The van der Waals surface area contributed by atoms with Crippen LogP contribution in [0.5, 0.6) is 0 Å². The van der Waals surface area contributed by atoms with Crippen molar-refractivity contribution in [1.82, 2.24) is 14.8 Å². The van der Waals surface area contributed by atoms with Gasteiger partial charge in [-0.3, -0.25) is 4.79 Å². The third-order valence-corrected chi connectivity index (χ3v) is 2.37. The van der Waals surface area contributed by atoms with Crippen LogP contribution in [-0.2, 0) is 11.3 Å². The van der Waals surface area contributed by atoms with Gasteiger partial charge in [-0.2, -0.15) is 5.10 Å². The van der Waals surface area contributed by atoms with Crippen molar-refractivity contribution in [3.8, 4) is 0 Å². The molecule has 1 heterocycles. The number of anilines is 2. The van der Waals surface area contributed by atoms with E-state index in [-0.39, 0.29) is 12.5 Å². The molecular formula is C10H10ClN5O. The molecule has 0 saturated heterocycles. The van der Waals surface area contributed by atoms with Gasteiger partial charge in [-0.05, 0) is 18.2 Å². The topological polar surface area (TPSA) is 85.8 Å². The smallest absolute Gasteiger partial charge is 0.246 e. The quantitative estimate of drug-likeness (QED) is 0.802. The number of carbonyl (C=O) groups excluding carboxylic acids is 1. The van der Waals surface area contributed by atoms with Gasteiger partial charge in [-0.25, -0.2) is 9.67 Å². The maximum Gasteiger partial charge on any atom is 0.246 e. The highest BCUT2D eigenvalue weighted by atomic mass is 35.5. The molecule has 3 N–H and O–H groups in total. The van der Waals surface area contributed by atoms with Gasteiger partial charge in [0.05, 0.1) is 10.7 Å². The molecule has 0 atom stereocenters. The van der Waals surface area contributed by atoms with E-state index in [0.29, 0.717) is 16.4 Å². The number of halogens is 1. The highest BCUT2D eigenvalue weighted by Gasteiger charge is 2.07. The van der Waals surface area contributed by atoms with Crippen LogP contribution in [0.4, 0.5) is 11.4 Å². The molecular weight excluding hydrogens is 242 g/mol. The van der Waals surface area contributed by atoms with E-state index in [4.69, 9.17) is 17.3 Å². The van der Waals surface area contributed by atoms with Crippen LogP contribution >= 0.6 is 11.6 Å². The Balaban J connectivity index is 2.05. The number of carbonyl (C=O) groups is 1. The summed E-state index contributed by atoms with van der Waals surface area (Å²) in [6, 6.07) is 4.89. The average molecular weight is 252 g/mol. The van der Waals surface area contributed by atoms with Gasteiger partial charge >= 0.3 is 0 Å². The number of amides is 1. The molecule has 6 nitrogen and oxygen atoms in total. The number of aromatic nitrogens is 3. The molecule has 0 bridgehead atoms. The second-order valence-electron chi connectivity index (χ2n) is 3.38. The van der Waals surface area contributed by atoms with Crippen molar-refractivity contribution >= 4 is 28.9 Å². The Labute approximate surface area is 102 Å². The van der Waals surface area contributed by atoms with Gasteiger partial charge in [-0.15, -0.1) is 0 Å². The molecule has 0 aliphatic rings. The highest BCUT2D eigenvalue weighted by Crippen LogP contribution is 2.23. The van der Waals surface area contributed by atoms with Crippen molar-refractivity contribution in [1.29, 1.82) is 0 Å². The molecule has 0 aliphatic carbocycles. The van der Waals surface area contributed by atoms with Gasteiger partial charge < -0.3 is 11.1 Å². The normalized spacial score (nSPS) is 10.2. The Morgan fingerprint density at radius 1 is 1.53 bits per heavy atom. The summed E-state index contributed by atoms with van der Waals surface area (Å²) in [6.45, 7) is 0.0745. The fourth-order valence-electron chi connectivity index (χ4n) is 1.29. The zero-order valence-corrected chi connectivity index (χ0v) is 9.55. The SMILES string of the molecule is Nc1ccc(Cl)c(NC(=O)Cn2cncn2)c1. The van der Waals surface area contributed by atoms with Crippen LogP contribution < -0.4 is 11.1 Å². The number of hydrogen-bond donors (Lipinski definition) is 2. The van der Waals surface area contributed by atoms with E-state index in [9.17, 15) is 4.79 Å². The van der Waals surface area contributed by atoms with Crippen molar-refractivity contribution in [2.75, 3.05) is 11.1 Å². The first kappa shape index (κ1) is 11.4. The number of nitrogens with two attached hydrogens (primary N) is 1. The molecule has 0 unspecified atom stereocenters. The summed E-state index contributed by atoms with van der Waals surface area (Å²) < 4.78 is 1.41. The van der Waals surface area contributed by atoms with E-state index in [1.165, 1.54) is 17.3 Å². The van der Waals surface area contributed by atoms with Crippen molar-refractivity contribution in [2.45, 2.75) is 6.54 Å². The van der Waals surface area contributed by atoms with Crippen LogP contribution in [0.3, 0.4) is 0 Å². The third kappa shape index (κ3) is 2.94. The van der Waals surface area contributed by atoms with Gasteiger partial charge in [0, 0.05) is 5.69 Å². The largest absolute Gasteiger partial charge is 0.399 e. The van der Waals surface area contributed by atoms with E-state index in [2.05, 4.69) is 15.4 Å². The lowest BCUT2D eigenvalue weighted by Gasteiger charge is -2.07. The van der Waals surface area contributed by atoms with E-state index in [0.717, 1.165) is 0 Å². The summed E-state index contributed by atoms with van der Waals surface area (Å²) in [4.78, 5) is 15.4. The van der Waals surface area contributed by atoms with Crippen LogP contribution in [0.1, 0.15) is 0 Å². The maximum absolute atomic E-state index is 11.6. The van der Waals surface area contributed by atoms with Crippen LogP contribution in [0.15, 0.2) is 30.9 Å². The lowest BCUT2D eigenvalue weighted by atomic mass is 10.3. The number of nitrogen functional groups attached to an aromatic ring is 1. The summed E-state index contributed by atoms with van der Waals surface area (Å²) in [7, 11) is 0. The van der Waals surface area contributed by atoms with Gasteiger partial charge in [0.1, 0.15) is 19.2 Å². The molecule has 0 fully saturated rings. The third-order valence-electron chi connectivity index (χ3n) is 2.04. The molecule has 1 aromatic carbocycles. The van der Waals surface area contributed by atoms with E-state index in [1.54, 1.807) is 18.2 Å². The van der Waals surface area contributed by atoms with Gasteiger partial charge in [0.2, 0.25) is 5.91 Å². The number of rotatable bonds is 3. The molecule has 7 heteroatoms. The Morgan fingerprint density at radius 2 is 2.35 bits per heavy atom. The monoisotopic (exact) mass is 251 g/mol. The van der Waals surface area contributed by atoms with Crippen molar-refractivity contribution in [2.24, 2.45) is 0 Å². The number of hydrogen-bond acceptors (Lipinski definition) is 4. The van der Waals surface area contributed by atoms with Gasteiger partial charge in [-0.1, -0.05) is 11.6 Å². The Hall–Kier alpha value is -2.08. The standard InChI is InChI=1S/C10H10ClN5O/c11-8-2-1-7(12)3-9(8)15-10(17)4-16-6-13-5-14-16/h1-3,5-6H,4,12H2,(H,15,17). The molecule has 1 amide bonds. The zero-order valence-electron chi connectivity index (χ0n) is 8.80. The Morgan fingerprint density at radius 3 is 3.06 bits per heavy atom. The minimum Gasteiger partial charge on any atom is -0.399 e. The highest BCUT2D eigenvalue weighted by molar-refractivity contribution is 6.33. The lowest BCUT2D eigenvalue weighted by Crippen LogP contribution is -2.19. The molecule has 1 aromatic heterocycles. The van der Waals surface area contributed by atoms with E-state index in [1.807, 2.05) is 0 Å². The predicted octanol–water partition coefficient (Wildman–Crippen LogP) is 1.15. The van der Waals surface area contributed by atoms with Gasteiger partial charge in [0.25, 0.3) is 0 Å². The minimum atomic E-state index is -0.247. The Bertz CT molecular complexity index is 525. The first-order valence-corrected chi connectivity index (χ1v) is 5.20. The van der Waals surface area contributed by atoms with Crippen LogP contribution in [0.25, 0.3) is 0 Å². The molecule has 0 spiro atoms. The molecule has 0 saturated carbocycles. The summed E-state index contributed by atoms with van der Waals surface area (Å²) >= 11 is 5.92. The first-order chi connectivity index (χ1) is 8.15. The van der Waals surface area contributed by atoms with Crippen LogP contribution in [0.2, 0.25) is 5.02 Å². The van der Waals surface area contributed by atoms with Crippen LogP contribution in [-0.4, -0.2) is 20.7 Å². The maximum atomic E-state index is 11.6. The number of benzene rings is 1. The summed E-state index contributed by atoms with van der Waals surface area (Å²) in [5.74, 6) is -0.247. The Kier molecular flexibility index (Phi) is 3.24. The molecule has 17 heavy (non-hydrogen) atoms. The molecule has 0 aliphatic heterocycles. The molecule has 88 valence electrons. The zero-order chi connectivity index (χ0) is 12.3. The second-order valence-corrected chi connectivity index (χ2v) is 3.79. The van der Waals surface area contributed by atoms with Crippen molar-refractivity contribution < 1.29 is 4.79 Å². The summed E-state index contributed by atoms with van der Waals surface area (Å²) in [5, 5.41) is 6.91.